The van der Waals surface area contributed by atoms with Crippen LogP contribution in [-0.4, -0.2) is 16.2 Å². The molecule has 0 aliphatic rings. The van der Waals surface area contributed by atoms with Gasteiger partial charge in [0.2, 0.25) is 0 Å². The fourth-order valence-corrected chi connectivity index (χ4v) is 2.52. The lowest BCUT2D eigenvalue weighted by Crippen LogP contribution is -2.14. The fourth-order valence-electron chi connectivity index (χ4n) is 1.84. The third-order valence-corrected chi connectivity index (χ3v) is 3.71. The summed E-state index contributed by atoms with van der Waals surface area (Å²) in [6.45, 7) is 0. The quantitative estimate of drug-likeness (QED) is 0.917. The molecule has 0 bridgehead atoms. The second-order valence-corrected chi connectivity index (χ2v) is 5.52. The number of hydrogen-bond donors (Lipinski definition) is 1. The highest BCUT2D eigenvalue weighted by atomic mass is 35.5. The van der Waals surface area contributed by atoms with Crippen molar-refractivity contribution < 1.29 is 5.11 Å². The summed E-state index contributed by atoms with van der Waals surface area (Å²) in [7, 11) is 0. The summed E-state index contributed by atoms with van der Waals surface area (Å²) in [5, 5.41) is 11.8. The highest BCUT2D eigenvalue weighted by Gasteiger charge is 2.11. The summed E-state index contributed by atoms with van der Waals surface area (Å²) < 4.78 is 0. The Balaban J connectivity index is 2.05. The fraction of sp³-hybridized carbons (Fsp3) is 0.214. The Morgan fingerprint density at radius 3 is 2.32 bits per heavy atom. The Morgan fingerprint density at radius 1 is 1.00 bits per heavy atom. The first-order chi connectivity index (χ1) is 9.06. The van der Waals surface area contributed by atoms with Crippen LogP contribution in [0.5, 0.6) is 0 Å². The van der Waals surface area contributed by atoms with E-state index in [4.69, 9.17) is 34.8 Å². The predicted octanol–water partition coefficient (Wildman–Crippen LogP) is 4.19. The molecule has 1 heterocycles. The Bertz CT molecular complexity index is 574. The van der Waals surface area contributed by atoms with E-state index in [0.717, 1.165) is 11.1 Å². The molecule has 19 heavy (non-hydrogen) atoms. The molecule has 1 aromatic heterocycles. The van der Waals surface area contributed by atoms with E-state index in [-0.39, 0.29) is 0 Å². The van der Waals surface area contributed by atoms with E-state index in [0.29, 0.717) is 27.9 Å². The molecule has 0 radical (unpaired) electrons. The van der Waals surface area contributed by atoms with Crippen LogP contribution in [0.1, 0.15) is 11.1 Å². The molecule has 1 unspecified atom stereocenters. The molecule has 1 N–H and O–H groups in total. The van der Waals surface area contributed by atoms with Crippen LogP contribution in [0, 0.1) is 0 Å². The van der Waals surface area contributed by atoms with Crippen molar-refractivity contribution in [3.05, 3.63) is 62.9 Å². The van der Waals surface area contributed by atoms with E-state index < -0.39 is 6.10 Å². The number of halogens is 3. The normalized spacial score (nSPS) is 12.4. The highest BCUT2D eigenvalue weighted by molar-refractivity contribution is 6.35. The van der Waals surface area contributed by atoms with Gasteiger partial charge in [0.15, 0.2) is 0 Å². The van der Waals surface area contributed by atoms with Crippen LogP contribution in [-0.2, 0) is 12.8 Å². The van der Waals surface area contributed by atoms with E-state index >= 15 is 0 Å². The number of rotatable bonds is 4. The van der Waals surface area contributed by atoms with E-state index in [1.165, 1.54) is 0 Å². The van der Waals surface area contributed by atoms with Crippen LogP contribution in [0.15, 0.2) is 36.7 Å². The molecule has 0 saturated heterocycles. The lowest BCUT2D eigenvalue weighted by Gasteiger charge is -2.13. The van der Waals surface area contributed by atoms with E-state index in [2.05, 4.69) is 4.98 Å². The molecule has 1 atom stereocenters. The topological polar surface area (TPSA) is 33.1 Å². The lowest BCUT2D eigenvalue weighted by molar-refractivity contribution is 0.175. The average Bonchev–Trinajstić information content (AvgIpc) is 2.36. The number of hydrogen-bond acceptors (Lipinski definition) is 2. The van der Waals surface area contributed by atoms with Crippen molar-refractivity contribution in [3.63, 3.8) is 0 Å². The molecule has 100 valence electrons. The first-order valence-corrected chi connectivity index (χ1v) is 6.90. The molecule has 0 fully saturated rings. The minimum atomic E-state index is -0.557. The number of aliphatic hydroxyl groups excluding tert-OH is 1. The molecule has 0 spiro atoms. The molecule has 0 aliphatic carbocycles. The van der Waals surface area contributed by atoms with Crippen molar-refractivity contribution in [2.24, 2.45) is 0 Å². The maximum Gasteiger partial charge on any atom is 0.0622 e. The number of nitrogens with zero attached hydrogens (tertiary/aromatic N) is 1. The van der Waals surface area contributed by atoms with E-state index in [1.807, 2.05) is 6.07 Å². The molecule has 0 amide bonds. The summed E-state index contributed by atoms with van der Waals surface area (Å²) in [6.07, 6.45) is 3.58. The van der Waals surface area contributed by atoms with Crippen LogP contribution in [0.3, 0.4) is 0 Å². The Labute approximate surface area is 127 Å². The van der Waals surface area contributed by atoms with Crippen molar-refractivity contribution in [1.82, 2.24) is 4.98 Å². The standard InChI is InChI=1S/C14H12Cl3NO/c15-11-2-1-9(13(16)7-11)5-12(19)6-10-3-4-18-8-14(10)17/h1-4,7-8,12,19H,5-6H2. The van der Waals surface area contributed by atoms with Gasteiger partial charge >= 0.3 is 0 Å². The minimum Gasteiger partial charge on any atom is -0.392 e. The summed E-state index contributed by atoms with van der Waals surface area (Å²) in [6, 6.07) is 7.05. The second kappa shape index (κ2) is 6.58. The first-order valence-electron chi connectivity index (χ1n) is 5.76. The van der Waals surface area contributed by atoms with Gasteiger partial charge < -0.3 is 5.11 Å². The van der Waals surface area contributed by atoms with Gasteiger partial charge in [-0.15, -0.1) is 0 Å². The van der Waals surface area contributed by atoms with Crippen LogP contribution in [0.2, 0.25) is 15.1 Å². The summed E-state index contributed by atoms with van der Waals surface area (Å²) in [4.78, 5) is 3.91. The molecular formula is C14H12Cl3NO. The monoisotopic (exact) mass is 315 g/mol. The van der Waals surface area contributed by atoms with Gasteiger partial charge in [0.1, 0.15) is 0 Å². The molecule has 1 aromatic carbocycles. The van der Waals surface area contributed by atoms with Gasteiger partial charge in [0.25, 0.3) is 0 Å². The molecule has 0 aliphatic heterocycles. The molecule has 5 heteroatoms. The Kier molecular flexibility index (Phi) is 5.06. The summed E-state index contributed by atoms with van der Waals surface area (Å²) >= 11 is 17.9. The maximum absolute atomic E-state index is 10.1. The SMILES string of the molecule is OC(Cc1ccncc1Cl)Cc1ccc(Cl)cc1Cl. The number of pyridine rings is 1. The highest BCUT2D eigenvalue weighted by Crippen LogP contribution is 2.23. The molecule has 2 rings (SSSR count). The molecule has 2 aromatic rings. The average molecular weight is 317 g/mol. The van der Waals surface area contributed by atoms with Gasteiger partial charge in [-0.2, -0.15) is 0 Å². The third kappa shape index (κ3) is 4.08. The zero-order chi connectivity index (χ0) is 13.8. The number of aliphatic hydroxyl groups is 1. The maximum atomic E-state index is 10.1. The smallest absolute Gasteiger partial charge is 0.0622 e. The zero-order valence-electron chi connectivity index (χ0n) is 9.98. The van der Waals surface area contributed by atoms with Gasteiger partial charge in [0, 0.05) is 35.3 Å². The minimum absolute atomic E-state index is 0.453. The molecule has 2 nitrogen and oxygen atoms in total. The molecular weight excluding hydrogens is 305 g/mol. The van der Waals surface area contributed by atoms with Gasteiger partial charge in [-0.3, -0.25) is 4.98 Å². The van der Waals surface area contributed by atoms with Crippen LogP contribution in [0.4, 0.5) is 0 Å². The van der Waals surface area contributed by atoms with E-state index in [9.17, 15) is 5.11 Å². The van der Waals surface area contributed by atoms with Crippen molar-refractivity contribution in [2.75, 3.05) is 0 Å². The van der Waals surface area contributed by atoms with Crippen LogP contribution in [0.25, 0.3) is 0 Å². The number of benzene rings is 1. The zero-order valence-corrected chi connectivity index (χ0v) is 12.3. The molecule has 0 saturated carbocycles. The summed E-state index contributed by atoms with van der Waals surface area (Å²) in [5.74, 6) is 0. The largest absolute Gasteiger partial charge is 0.392 e. The summed E-state index contributed by atoms with van der Waals surface area (Å²) in [5.41, 5.74) is 1.73. The van der Waals surface area contributed by atoms with Gasteiger partial charge in [-0.1, -0.05) is 40.9 Å². The van der Waals surface area contributed by atoms with Gasteiger partial charge in [-0.25, -0.2) is 0 Å². The van der Waals surface area contributed by atoms with Crippen molar-refractivity contribution in [3.8, 4) is 0 Å². The first kappa shape index (κ1) is 14.6. The van der Waals surface area contributed by atoms with Crippen molar-refractivity contribution >= 4 is 34.8 Å². The van der Waals surface area contributed by atoms with E-state index in [1.54, 1.807) is 30.6 Å². The second-order valence-electron chi connectivity index (χ2n) is 4.26. The van der Waals surface area contributed by atoms with Crippen molar-refractivity contribution in [1.29, 1.82) is 0 Å². The van der Waals surface area contributed by atoms with Crippen molar-refractivity contribution in [2.45, 2.75) is 18.9 Å². The Hall–Kier alpha value is -0.800. The predicted molar refractivity (Wildman–Crippen MR) is 79.1 cm³/mol. The van der Waals surface area contributed by atoms with Crippen LogP contribution >= 0.6 is 34.8 Å². The Morgan fingerprint density at radius 2 is 1.68 bits per heavy atom. The van der Waals surface area contributed by atoms with Gasteiger partial charge in [0.05, 0.1) is 11.1 Å². The van der Waals surface area contributed by atoms with Gasteiger partial charge in [-0.05, 0) is 29.3 Å². The third-order valence-electron chi connectivity index (χ3n) is 2.78. The lowest BCUT2D eigenvalue weighted by atomic mass is 10.0. The number of aromatic nitrogens is 1. The van der Waals surface area contributed by atoms with Crippen LogP contribution < -0.4 is 0 Å².